The van der Waals surface area contributed by atoms with Crippen molar-refractivity contribution in [3.8, 4) is 0 Å². The number of unbranched alkanes of at least 4 members (excludes halogenated alkanes) is 6. The standard InChI is InChI=1S/C42H76N2O14/c1-5-9-11-13-31-53-39(49)25-17-21-35(19-15-23-37(45)46)57-41(51)55-33-29-44(28-27-43(7-3)8-4)30-34-56-42(52)58-36(20-16-24-38(47)48)22-18-26-40(50)54-32-14-12-10-6-2/h35-36H,5-34H2,1-4H3,(H,45,46)(H,47,48). The van der Waals surface area contributed by atoms with Gasteiger partial charge in [-0.05, 0) is 77.3 Å². The van der Waals surface area contributed by atoms with Gasteiger partial charge < -0.3 is 43.5 Å². The molecule has 0 saturated carbocycles. The molecule has 2 unspecified atom stereocenters. The van der Waals surface area contributed by atoms with E-state index < -0.39 is 36.5 Å². The molecule has 16 heteroatoms. The lowest BCUT2D eigenvalue weighted by atomic mass is 10.1. The van der Waals surface area contributed by atoms with Gasteiger partial charge in [-0.2, -0.15) is 0 Å². The molecular weight excluding hydrogens is 756 g/mol. The number of rotatable bonds is 39. The molecule has 0 aliphatic carbocycles. The van der Waals surface area contributed by atoms with Crippen molar-refractivity contribution in [2.24, 2.45) is 0 Å². The maximum atomic E-state index is 12.7. The van der Waals surface area contributed by atoms with Gasteiger partial charge in [0, 0.05) is 51.9 Å². The van der Waals surface area contributed by atoms with Crippen LogP contribution in [0.1, 0.15) is 156 Å². The van der Waals surface area contributed by atoms with Crippen LogP contribution in [0.4, 0.5) is 9.59 Å². The van der Waals surface area contributed by atoms with Crippen molar-refractivity contribution in [3.05, 3.63) is 0 Å². The number of nitrogens with zero attached hydrogens (tertiary/aromatic N) is 2. The summed E-state index contributed by atoms with van der Waals surface area (Å²) in [5.74, 6) is -2.53. The van der Waals surface area contributed by atoms with Crippen LogP contribution < -0.4 is 0 Å². The predicted octanol–water partition coefficient (Wildman–Crippen LogP) is 7.77. The fraction of sp³-hybridized carbons (Fsp3) is 0.857. The van der Waals surface area contributed by atoms with Crippen molar-refractivity contribution in [2.75, 3.05) is 65.7 Å². The summed E-state index contributed by atoms with van der Waals surface area (Å²) in [6.45, 7) is 12.7. The number of carbonyl (C=O) groups excluding carboxylic acids is 4. The molecule has 0 bridgehead atoms. The number of esters is 2. The van der Waals surface area contributed by atoms with Crippen LogP contribution in [-0.2, 0) is 47.6 Å². The third kappa shape index (κ3) is 34.4. The molecule has 338 valence electrons. The molecule has 58 heavy (non-hydrogen) atoms. The maximum Gasteiger partial charge on any atom is 0.508 e. The van der Waals surface area contributed by atoms with E-state index in [0.717, 1.165) is 71.0 Å². The summed E-state index contributed by atoms with van der Waals surface area (Å²) in [5, 5.41) is 18.1. The van der Waals surface area contributed by atoms with E-state index in [0.29, 0.717) is 84.2 Å². The van der Waals surface area contributed by atoms with E-state index in [-0.39, 0.29) is 50.8 Å². The molecule has 2 N–H and O–H groups in total. The van der Waals surface area contributed by atoms with Crippen molar-refractivity contribution in [1.82, 2.24) is 9.80 Å². The molecular formula is C42H76N2O14. The maximum absolute atomic E-state index is 12.7. The Hall–Kier alpha value is -3.66. The molecule has 0 radical (unpaired) electrons. The van der Waals surface area contributed by atoms with Crippen LogP contribution in [0.5, 0.6) is 0 Å². The number of carboxylic acids is 2. The number of hydrogen-bond acceptors (Lipinski definition) is 14. The SMILES string of the molecule is CCCCCCOC(=O)CCCC(CCCC(=O)O)OC(=O)OCCN(CCOC(=O)OC(CCCC(=O)O)CCCC(=O)OCCCCCC)CCN(CC)CC. The second-order valence-corrected chi connectivity index (χ2v) is 14.5. The summed E-state index contributed by atoms with van der Waals surface area (Å²) in [6, 6.07) is 0. The molecule has 0 aliphatic rings. The van der Waals surface area contributed by atoms with Gasteiger partial charge >= 0.3 is 36.2 Å². The molecule has 0 fully saturated rings. The van der Waals surface area contributed by atoms with E-state index in [2.05, 4.69) is 32.6 Å². The highest BCUT2D eigenvalue weighted by Gasteiger charge is 2.20. The molecule has 0 saturated heterocycles. The zero-order valence-corrected chi connectivity index (χ0v) is 36.1. The van der Waals surface area contributed by atoms with Crippen LogP contribution in [0.25, 0.3) is 0 Å². The molecule has 0 amide bonds. The largest absolute Gasteiger partial charge is 0.508 e. The van der Waals surface area contributed by atoms with Crippen molar-refractivity contribution >= 4 is 36.2 Å². The third-order valence-electron chi connectivity index (χ3n) is 9.58. The first kappa shape index (κ1) is 54.3. The van der Waals surface area contributed by atoms with Crippen LogP contribution in [0.2, 0.25) is 0 Å². The number of carboxylic acid groups (broad SMARTS) is 2. The lowest BCUT2D eigenvalue weighted by Gasteiger charge is -2.26. The first-order chi connectivity index (χ1) is 27.9. The molecule has 0 spiro atoms. The van der Waals surface area contributed by atoms with Gasteiger partial charge in [-0.25, -0.2) is 9.59 Å². The Bertz CT molecular complexity index is 1030. The molecule has 0 aromatic heterocycles. The zero-order valence-electron chi connectivity index (χ0n) is 36.1. The van der Waals surface area contributed by atoms with Gasteiger partial charge in [-0.15, -0.1) is 0 Å². The molecule has 16 nitrogen and oxygen atoms in total. The minimum absolute atomic E-state index is 0.0133. The fourth-order valence-electron chi connectivity index (χ4n) is 6.02. The van der Waals surface area contributed by atoms with E-state index in [1.807, 2.05) is 4.90 Å². The molecule has 0 heterocycles. The number of carbonyl (C=O) groups is 6. The van der Waals surface area contributed by atoms with Crippen LogP contribution in [-0.4, -0.2) is 134 Å². The van der Waals surface area contributed by atoms with Crippen LogP contribution in [0, 0.1) is 0 Å². The Labute approximate surface area is 346 Å². The molecule has 0 aromatic carbocycles. The summed E-state index contributed by atoms with van der Waals surface area (Å²) in [7, 11) is 0. The fourth-order valence-corrected chi connectivity index (χ4v) is 6.02. The lowest BCUT2D eigenvalue weighted by molar-refractivity contribution is -0.145. The predicted molar refractivity (Wildman–Crippen MR) is 218 cm³/mol. The first-order valence-electron chi connectivity index (χ1n) is 21.8. The van der Waals surface area contributed by atoms with E-state index >= 15 is 0 Å². The monoisotopic (exact) mass is 833 g/mol. The van der Waals surface area contributed by atoms with Crippen molar-refractivity contribution in [3.63, 3.8) is 0 Å². The minimum Gasteiger partial charge on any atom is -0.481 e. The summed E-state index contributed by atoms with van der Waals surface area (Å²) < 4.78 is 32.4. The zero-order chi connectivity index (χ0) is 43.2. The third-order valence-corrected chi connectivity index (χ3v) is 9.58. The first-order valence-corrected chi connectivity index (χ1v) is 21.8. The molecule has 2 atom stereocenters. The van der Waals surface area contributed by atoms with Crippen molar-refractivity contribution in [1.29, 1.82) is 0 Å². The second-order valence-electron chi connectivity index (χ2n) is 14.5. The van der Waals surface area contributed by atoms with Crippen LogP contribution in [0.15, 0.2) is 0 Å². The Kier molecular flexibility index (Phi) is 35.2. The molecule has 0 aliphatic heterocycles. The Balaban J connectivity index is 5.07. The van der Waals surface area contributed by atoms with Gasteiger partial charge in [0.05, 0.1) is 13.2 Å². The van der Waals surface area contributed by atoms with Crippen molar-refractivity contribution < 1.29 is 67.4 Å². The molecule has 0 aromatic rings. The average molecular weight is 833 g/mol. The normalized spacial score (nSPS) is 12.2. The summed E-state index contributed by atoms with van der Waals surface area (Å²) in [5.41, 5.74) is 0. The van der Waals surface area contributed by atoms with E-state index in [9.17, 15) is 28.8 Å². The number of hydrogen-bond donors (Lipinski definition) is 2. The smallest absolute Gasteiger partial charge is 0.481 e. The van der Waals surface area contributed by atoms with Gasteiger partial charge in [0.2, 0.25) is 0 Å². The van der Waals surface area contributed by atoms with Gasteiger partial charge in [0.25, 0.3) is 0 Å². The number of aliphatic carboxylic acids is 2. The summed E-state index contributed by atoms with van der Waals surface area (Å²) in [4.78, 5) is 76.0. The van der Waals surface area contributed by atoms with Gasteiger partial charge in [0.15, 0.2) is 0 Å². The highest BCUT2D eigenvalue weighted by molar-refractivity contribution is 5.69. The number of ether oxygens (including phenoxy) is 6. The van der Waals surface area contributed by atoms with Gasteiger partial charge in [-0.1, -0.05) is 66.2 Å². The quantitative estimate of drug-likeness (QED) is 0.0345. The van der Waals surface area contributed by atoms with Gasteiger partial charge in [-0.3, -0.25) is 24.1 Å². The van der Waals surface area contributed by atoms with Crippen molar-refractivity contribution in [2.45, 2.75) is 168 Å². The van der Waals surface area contributed by atoms with Gasteiger partial charge in [0.1, 0.15) is 25.4 Å². The Morgan fingerprint density at radius 3 is 1.17 bits per heavy atom. The molecule has 0 rings (SSSR count). The highest BCUT2D eigenvalue weighted by atomic mass is 16.7. The summed E-state index contributed by atoms with van der Waals surface area (Å²) >= 11 is 0. The van der Waals surface area contributed by atoms with E-state index in [4.69, 9.17) is 38.6 Å². The average Bonchev–Trinajstić information content (AvgIpc) is 3.17. The topological polar surface area (TPSA) is 205 Å². The Morgan fingerprint density at radius 2 is 0.810 bits per heavy atom. The highest BCUT2D eigenvalue weighted by Crippen LogP contribution is 2.16. The van der Waals surface area contributed by atoms with E-state index in [1.54, 1.807) is 0 Å². The van der Waals surface area contributed by atoms with Crippen LogP contribution >= 0.6 is 0 Å². The lowest BCUT2D eigenvalue weighted by Crippen LogP contribution is -2.39. The van der Waals surface area contributed by atoms with Crippen LogP contribution in [0.3, 0.4) is 0 Å². The number of likely N-dealkylation sites (N-methyl/N-ethyl adjacent to an activating group) is 1. The van der Waals surface area contributed by atoms with E-state index in [1.165, 1.54) is 0 Å². The summed E-state index contributed by atoms with van der Waals surface area (Å²) in [6.07, 6.45) is 7.91. The second kappa shape index (κ2) is 37.6. The minimum atomic E-state index is -0.951. The Morgan fingerprint density at radius 1 is 0.431 bits per heavy atom.